The van der Waals surface area contributed by atoms with Crippen molar-refractivity contribution in [2.45, 2.75) is 6.04 Å². The maximum Gasteiger partial charge on any atom is 0.0447 e. The minimum Gasteiger partial charge on any atom is -0.368 e. The quantitative estimate of drug-likeness (QED) is 0.893. The highest BCUT2D eigenvalue weighted by atomic mass is 79.9. The zero-order valence-corrected chi connectivity index (χ0v) is 11.5. The molecular formula is C13H18BrN3. The van der Waals surface area contributed by atoms with E-state index >= 15 is 0 Å². The molecule has 0 aromatic heterocycles. The van der Waals surface area contributed by atoms with Crippen LogP contribution < -0.4 is 10.2 Å². The van der Waals surface area contributed by atoms with Gasteiger partial charge < -0.3 is 10.2 Å². The van der Waals surface area contributed by atoms with Crippen molar-refractivity contribution in [2.24, 2.45) is 0 Å². The number of rotatable bonds is 2. The minimum atomic E-state index is 0.760. The number of piperazine rings is 1. The number of benzene rings is 1. The Hall–Kier alpha value is -0.580. The minimum absolute atomic E-state index is 0.760. The Bertz CT molecular complexity index is 384. The molecule has 0 unspecified atom stereocenters. The summed E-state index contributed by atoms with van der Waals surface area (Å²) in [6, 6.07) is 9.34. The van der Waals surface area contributed by atoms with Crippen LogP contribution in [0.1, 0.15) is 0 Å². The molecule has 17 heavy (non-hydrogen) atoms. The Balaban J connectivity index is 1.57. The van der Waals surface area contributed by atoms with Gasteiger partial charge in [-0.1, -0.05) is 22.0 Å². The Morgan fingerprint density at radius 3 is 2.65 bits per heavy atom. The Morgan fingerprint density at radius 2 is 1.94 bits per heavy atom. The molecule has 0 saturated carbocycles. The predicted molar refractivity (Wildman–Crippen MR) is 74.6 cm³/mol. The Kier molecular flexibility index (Phi) is 3.36. The fraction of sp³-hybridized carbons (Fsp3) is 0.538. The molecule has 0 spiro atoms. The largest absolute Gasteiger partial charge is 0.368 e. The second-order valence-electron chi connectivity index (χ2n) is 4.82. The van der Waals surface area contributed by atoms with Crippen molar-refractivity contribution in [3.8, 4) is 0 Å². The molecule has 92 valence electrons. The van der Waals surface area contributed by atoms with Crippen molar-refractivity contribution in [2.75, 3.05) is 44.2 Å². The molecule has 2 heterocycles. The fourth-order valence-electron chi connectivity index (χ4n) is 2.62. The van der Waals surface area contributed by atoms with Crippen LogP contribution in [0.3, 0.4) is 0 Å². The van der Waals surface area contributed by atoms with Gasteiger partial charge in [-0.2, -0.15) is 0 Å². The van der Waals surface area contributed by atoms with E-state index in [0.717, 1.165) is 19.1 Å². The van der Waals surface area contributed by atoms with Gasteiger partial charge >= 0.3 is 0 Å². The third kappa shape index (κ3) is 2.49. The van der Waals surface area contributed by atoms with E-state index in [0.29, 0.717) is 0 Å². The molecule has 3 rings (SSSR count). The smallest absolute Gasteiger partial charge is 0.0447 e. The maximum atomic E-state index is 3.53. The van der Waals surface area contributed by atoms with Crippen LogP contribution in [0.5, 0.6) is 0 Å². The maximum absolute atomic E-state index is 3.53. The second kappa shape index (κ2) is 4.96. The lowest BCUT2D eigenvalue weighted by Crippen LogP contribution is -2.62. The van der Waals surface area contributed by atoms with Crippen molar-refractivity contribution in [1.82, 2.24) is 10.2 Å². The SMILES string of the molecule is Brc1cccc(N2CC(N3CCNCC3)C2)c1. The molecule has 3 nitrogen and oxygen atoms in total. The number of hydrogen-bond acceptors (Lipinski definition) is 3. The summed E-state index contributed by atoms with van der Waals surface area (Å²) >= 11 is 3.53. The second-order valence-corrected chi connectivity index (χ2v) is 5.74. The molecule has 2 aliphatic heterocycles. The van der Waals surface area contributed by atoms with Gasteiger partial charge in [-0.3, -0.25) is 4.90 Å². The first-order valence-corrected chi connectivity index (χ1v) is 7.07. The monoisotopic (exact) mass is 295 g/mol. The van der Waals surface area contributed by atoms with Crippen LogP contribution in [0.15, 0.2) is 28.7 Å². The van der Waals surface area contributed by atoms with E-state index in [1.807, 2.05) is 0 Å². The molecule has 0 amide bonds. The lowest BCUT2D eigenvalue weighted by Gasteiger charge is -2.48. The summed E-state index contributed by atoms with van der Waals surface area (Å²) in [6.45, 7) is 7.06. The van der Waals surface area contributed by atoms with E-state index in [9.17, 15) is 0 Å². The van der Waals surface area contributed by atoms with Gasteiger partial charge in [-0.25, -0.2) is 0 Å². The molecule has 2 saturated heterocycles. The van der Waals surface area contributed by atoms with E-state index in [-0.39, 0.29) is 0 Å². The standard InChI is InChI=1S/C13H18BrN3/c14-11-2-1-3-12(8-11)17-9-13(10-17)16-6-4-15-5-7-16/h1-3,8,13,15H,4-7,9-10H2. The van der Waals surface area contributed by atoms with Gasteiger partial charge in [-0.05, 0) is 18.2 Å². The number of nitrogens with zero attached hydrogens (tertiary/aromatic N) is 2. The topological polar surface area (TPSA) is 18.5 Å². The highest BCUT2D eigenvalue weighted by Gasteiger charge is 2.32. The average Bonchev–Trinajstić information content (AvgIpc) is 2.28. The summed E-state index contributed by atoms with van der Waals surface area (Å²) in [4.78, 5) is 5.07. The van der Waals surface area contributed by atoms with Crippen LogP contribution in [-0.4, -0.2) is 50.2 Å². The summed E-state index contributed by atoms with van der Waals surface area (Å²) in [6.07, 6.45) is 0. The van der Waals surface area contributed by atoms with Gasteiger partial charge in [0.05, 0.1) is 0 Å². The van der Waals surface area contributed by atoms with Gasteiger partial charge in [0.25, 0.3) is 0 Å². The first kappa shape index (κ1) is 11.5. The number of hydrogen-bond donors (Lipinski definition) is 1. The highest BCUT2D eigenvalue weighted by Crippen LogP contribution is 2.26. The zero-order valence-electron chi connectivity index (χ0n) is 9.90. The molecule has 1 aromatic carbocycles. The van der Waals surface area contributed by atoms with E-state index in [1.165, 1.54) is 36.3 Å². The molecule has 0 radical (unpaired) electrons. The van der Waals surface area contributed by atoms with Gasteiger partial charge in [0, 0.05) is 55.5 Å². The van der Waals surface area contributed by atoms with E-state index in [1.54, 1.807) is 0 Å². The van der Waals surface area contributed by atoms with Crippen molar-refractivity contribution in [1.29, 1.82) is 0 Å². The van der Waals surface area contributed by atoms with E-state index < -0.39 is 0 Å². The lowest BCUT2D eigenvalue weighted by molar-refractivity contribution is 0.147. The van der Waals surface area contributed by atoms with Crippen LogP contribution in [-0.2, 0) is 0 Å². The predicted octanol–water partition coefficient (Wildman–Crippen LogP) is 1.54. The van der Waals surface area contributed by atoms with Gasteiger partial charge in [-0.15, -0.1) is 0 Å². The normalized spacial score (nSPS) is 22.5. The summed E-state index contributed by atoms with van der Waals surface area (Å²) in [5.74, 6) is 0. The zero-order chi connectivity index (χ0) is 11.7. The molecule has 2 fully saturated rings. The molecule has 0 atom stereocenters. The first-order chi connectivity index (χ1) is 8.33. The number of halogens is 1. The molecule has 2 aliphatic rings. The van der Waals surface area contributed by atoms with E-state index in [4.69, 9.17) is 0 Å². The average molecular weight is 296 g/mol. The van der Waals surface area contributed by atoms with Gasteiger partial charge in [0.15, 0.2) is 0 Å². The Morgan fingerprint density at radius 1 is 1.18 bits per heavy atom. The third-order valence-corrected chi connectivity index (χ3v) is 4.20. The van der Waals surface area contributed by atoms with Crippen LogP contribution in [0, 0.1) is 0 Å². The van der Waals surface area contributed by atoms with E-state index in [2.05, 4.69) is 55.3 Å². The van der Waals surface area contributed by atoms with Crippen LogP contribution >= 0.6 is 15.9 Å². The highest BCUT2D eigenvalue weighted by molar-refractivity contribution is 9.10. The number of nitrogens with one attached hydrogen (secondary N) is 1. The summed E-state index contributed by atoms with van der Waals surface area (Å²) in [5.41, 5.74) is 1.34. The van der Waals surface area contributed by atoms with Crippen molar-refractivity contribution in [3.05, 3.63) is 28.7 Å². The Labute approximate surface area is 111 Å². The van der Waals surface area contributed by atoms with Gasteiger partial charge in [0.2, 0.25) is 0 Å². The van der Waals surface area contributed by atoms with Crippen molar-refractivity contribution in [3.63, 3.8) is 0 Å². The van der Waals surface area contributed by atoms with Crippen LogP contribution in [0.4, 0.5) is 5.69 Å². The van der Waals surface area contributed by atoms with Gasteiger partial charge in [0.1, 0.15) is 0 Å². The van der Waals surface area contributed by atoms with Crippen molar-refractivity contribution < 1.29 is 0 Å². The van der Waals surface area contributed by atoms with Crippen LogP contribution in [0.2, 0.25) is 0 Å². The summed E-state index contributed by atoms with van der Waals surface area (Å²) in [7, 11) is 0. The van der Waals surface area contributed by atoms with Crippen molar-refractivity contribution >= 4 is 21.6 Å². The molecule has 0 bridgehead atoms. The fourth-order valence-corrected chi connectivity index (χ4v) is 3.00. The third-order valence-electron chi connectivity index (χ3n) is 3.70. The molecular weight excluding hydrogens is 278 g/mol. The first-order valence-electron chi connectivity index (χ1n) is 6.28. The molecule has 4 heteroatoms. The number of anilines is 1. The molecule has 1 N–H and O–H groups in total. The summed E-state index contributed by atoms with van der Waals surface area (Å²) < 4.78 is 1.17. The lowest BCUT2D eigenvalue weighted by atomic mass is 10.0. The molecule has 0 aliphatic carbocycles. The molecule has 1 aromatic rings. The van der Waals surface area contributed by atoms with Crippen LogP contribution in [0.25, 0.3) is 0 Å². The summed E-state index contributed by atoms with van der Waals surface area (Å²) in [5, 5.41) is 3.41.